The van der Waals surface area contributed by atoms with Crippen molar-refractivity contribution in [3.63, 3.8) is 0 Å². The number of aliphatic hydroxyl groups is 1. The molecule has 6 nitrogen and oxygen atoms in total. The van der Waals surface area contributed by atoms with Gasteiger partial charge in [0.25, 0.3) is 0 Å². The van der Waals surface area contributed by atoms with Crippen LogP contribution in [0.1, 0.15) is 19.8 Å². The lowest BCUT2D eigenvalue weighted by molar-refractivity contribution is 0.0350. The van der Waals surface area contributed by atoms with Gasteiger partial charge in [-0.05, 0) is 44.0 Å². The molecule has 1 aliphatic rings. The minimum Gasteiger partial charge on any atom is -0.390 e. The molecule has 0 unspecified atom stereocenters. The average molecular weight is 454 g/mol. The number of halogens is 2. The molecule has 4 aromatic rings. The highest BCUT2D eigenvalue weighted by Gasteiger charge is 2.30. The van der Waals surface area contributed by atoms with Crippen molar-refractivity contribution in [2.75, 3.05) is 18.0 Å². The first-order valence-corrected chi connectivity index (χ1v) is 10.9. The number of para-hydroxylation sites is 1. The zero-order valence-electron chi connectivity index (χ0n) is 17.0. The highest BCUT2D eigenvalue weighted by atomic mass is 35.5. The SMILES string of the molecule is CC1(O)CCN(c2ncnc3c(-c4ccc(Cl)cc4)n(-c4ccccc4Cl)nc23)CC1. The summed E-state index contributed by atoms with van der Waals surface area (Å²) in [4.78, 5) is 11.3. The number of hydrogen-bond acceptors (Lipinski definition) is 5. The van der Waals surface area contributed by atoms with Crippen LogP contribution in [-0.4, -0.2) is 43.5 Å². The van der Waals surface area contributed by atoms with Crippen LogP contribution in [-0.2, 0) is 0 Å². The molecule has 0 bridgehead atoms. The maximum Gasteiger partial charge on any atom is 0.160 e. The van der Waals surface area contributed by atoms with Crippen LogP contribution in [0.5, 0.6) is 0 Å². The Bertz CT molecular complexity index is 1240. The number of benzene rings is 2. The summed E-state index contributed by atoms with van der Waals surface area (Å²) >= 11 is 12.7. The zero-order valence-corrected chi connectivity index (χ0v) is 18.5. The van der Waals surface area contributed by atoms with E-state index in [-0.39, 0.29) is 0 Å². The molecule has 0 aliphatic carbocycles. The minimum absolute atomic E-state index is 0.592. The maximum atomic E-state index is 10.3. The summed E-state index contributed by atoms with van der Waals surface area (Å²) in [6.45, 7) is 3.29. The van der Waals surface area contributed by atoms with Gasteiger partial charge < -0.3 is 10.0 Å². The number of fused-ring (bicyclic) bond motifs is 1. The molecule has 0 atom stereocenters. The Hall–Kier alpha value is -2.67. The van der Waals surface area contributed by atoms with Crippen molar-refractivity contribution in [2.24, 2.45) is 0 Å². The van der Waals surface area contributed by atoms with Crippen LogP contribution < -0.4 is 4.90 Å². The van der Waals surface area contributed by atoms with E-state index < -0.39 is 5.60 Å². The van der Waals surface area contributed by atoms with E-state index in [4.69, 9.17) is 28.3 Å². The monoisotopic (exact) mass is 453 g/mol. The van der Waals surface area contributed by atoms with Gasteiger partial charge in [-0.15, -0.1) is 0 Å². The van der Waals surface area contributed by atoms with Gasteiger partial charge in [-0.2, -0.15) is 5.10 Å². The summed E-state index contributed by atoms with van der Waals surface area (Å²) < 4.78 is 1.83. The molecule has 1 fully saturated rings. The minimum atomic E-state index is -0.645. The lowest BCUT2D eigenvalue weighted by Crippen LogP contribution is -2.42. The number of anilines is 1. The quantitative estimate of drug-likeness (QED) is 0.464. The molecular weight excluding hydrogens is 433 g/mol. The molecule has 31 heavy (non-hydrogen) atoms. The van der Waals surface area contributed by atoms with Crippen LogP contribution >= 0.6 is 23.2 Å². The van der Waals surface area contributed by atoms with Gasteiger partial charge >= 0.3 is 0 Å². The molecule has 2 aromatic heterocycles. The van der Waals surface area contributed by atoms with Gasteiger partial charge in [0.15, 0.2) is 11.3 Å². The second-order valence-corrected chi connectivity index (χ2v) is 8.94. The van der Waals surface area contributed by atoms with Crippen LogP contribution in [0.15, 0.2) is 54.9 Å². The Kier molecular flexibility index (Phi) is 5.08. The summed E-state index contributed by atoms with van der Waals surface area (Å²) in [6, 6.07) is 15.2. The van der Waals surface area contributed by atoms with Gasteiger partial charge in [0.1, 0.15) is 17.5 Å². The maximum absolute atomic E-state index is 10.3. The van der Waals surface area contributed by atoms with Crippen LogP contribution in [0, 0.1) is 0 Å². The highest BCUT2D eigenvalue weighted by Crippen LogP contribution is 2.36. The molecule has 8 heteroatoms. The third-order valence-electron chi connectivity index (χ3n) is 5.78. The Morgan fingerprint density at radius 2 is 1.65 bits per heavy atom. The van der Waals surface area contributed by atoms with E-state index in [1.165, 1.54) is 0 Å². The first-order valence-electron chi connectivity index (χ1n) is 10.1. The van der Waals surface area contributed by atoms with Crippen LogP contribution in [0.2, 0.25) is 10.0 Å². The Morgan fingerprint density at radius 3 is 2.35 bits per heavy atom. The molecular formula is C23H21Cl2N5O. The predicted octanol–water partition coefficient (Wildman–Crippen LogP) is 5.14. The van der Waals surface area contributed by atoms with Crippen LogP contribution in [0.4, 0.5) is 5.82 Å². The van der Waals surface area contributed by atoms with Crippen molar-refractivity contribution in [3.8, 4) is 16.9 Å². The lowest BCUT2D eigenvalue weighted by atomic mass is 9.94. The van der Waals surface area contributed by atoms with Crippen LogP contribution in [0.25, 0.3) is 28.0 Å². The first-order chi connectivity index (χ1) is 14.9. The van der Waals surface area contributed by atoms with Crippen molar-refractivity contribution < 1.29 is 5.11 Å². The van der Waals surface area contributed by atoms with E-state index in [2.05, 4.69) is 14.9 Å². The first kappa shape index (κ1) is 20.2. The molecule has 0 spiro atoms. The van der Waals surface area contributed by atoms with E-state index in [9.17, 15) is 5.11 Å². The number of rotatable bonds is 3. The third-order valence-corrected chi connectivity index (χ3v) is 6.35. The molecule has 0 amide bonds. The Morgan fingerprint density at radius 1 is 0.935 bits per heavy atom. The van der Waals surface area contributed by atoms with E-state index in [0.29, 0.717) is 41.5 Å². The van der Waals surface area contributed by atoms with E-state index in [1.54, 1.807) is 6.33 Å². The fourth-order valence-electron chi connectivity index (χ4n) is 3.98. The van der Waals surface area contributed by atoms with E-state index in [0.717, 1.165) is 28.3 Å². The van der Waals surface area contributed by atoms with Crippen molar-refractivity contribution >= 4 is 40.1 Å². The second kappa shape index (κ2) is 7.79. The van der Waals surface area contributed by atoms with Crippen molar-refractivity contribution in [1.82, 2.24) is 19.7 Å². The molecule has 1 N–H and O–H groups in total. The van der Waals surface area contributed by atoms with Gasteiger partial charge in [-0.25, -0.2) is 14.6 Å². The largest absolute Gasteiger partial charge is 0.390 e. The number of nitrogens with zero attached hydrogens (tertiary/aromatic N) is 5. The summed E-state index contributed by atoms with van der Waals surface area (Å²) in [5, 5.41) is 16.5. The van der Waals surface area contributed by atoms with Crippen LogP contribution in [0.3, 0.4) is 0 Å². The standard InChI is InChI=1S/C23H21Cl2N5O/c1-23(31)10-12-29(13-11-23)22-20-19(26-14-27-22)21(15-6-8-16(24)9-7-15)30(28-20)18-5-3-2-4-17(18)25/h2-9,14,31H,10-13H2,1H3. The molecule has 2 aromatic carbocycles. The fourth-order valence-corrected chi connectivity index (χ4v) is 4.32. The molecule has 1 aliphatic heterocycles. The van der Waals surface area contributed by atoms with Crippen molar-refractivity contribution in [2.45, 2.75) is 25.4 Å². The third kappa shape index (κ3) is 3.76. The second-order valence-electron chi connectivity index (χ2n) is 8.10. The molecule has 158 valence electrons. The Balaban J connectivity index is 1.73. The normalized spacial score (nSPS) is 16.1. The molecule has 0 saturated carbocycles. The van der Waals surface area contributed by atoms with Gasteiger partial charge in [0.05, 0.1) is 16.3 Å². The molecule has 1 saturated heterocycles. The lowest BCUT2D eigenvalue weighted by Gasteiger charge is -2.36. The summed E-state index contributed by atoms with van der Waals surface area (Å²) in [5.74, 6) is 0.765. The van der Waals surface area contributed by atoms with Gasteiger partial charge in [0.2, 0.25) is 0 Å². The topological polar surface area (TPSA) is 67.1 Å². The molecule has 3 heterocycles. The van der Waals surface area contributed by atoms with Gasteiger partial charge in [0, 0.05) is 23.7 Å². The van der Waals surface area contributed by atoms with Gasteiger partial charge in [-0.1, -0.05) is 47.5 Å². The van der Waals surface area contributed by atoms with E-state index >= 15 is 0 Å². The van der Waals surface area contributed by atoms with Crippen molar-refractivity contribution in [3.05, 3.63) is 64.9 Å². The smallest absolute Gasteiger partial charge is 0.160 e. The van der Waals surface area contributed by atoms with Crippen molar-refractivity contribution in [1.29, 1.82) is 0 Å². The summed E-state index contributed by atoms with van der Waals surface area (Å²) in [5.41, 5.74) is 3.32. The average Bonchev–Trinajstić information content (AvgIpc) is 3.14. The highest BCUT2D eigenvalue weighted by molar-refractivity contribution is 6.32. The zero-order chi connectivity index (χ0) is 21.6. The molecule has 5 rings (SSSR count). The molecule has 0 radical (unpaired) electrons. The Labute approximate surface area is 190 Å². The summed E-state index contributed by atoms with van der Waals surface area (Å²) in [7, 11) is 0. The van der Waals surface area contributed by atoms with Gasteiger partial charge in [-0.3, -0.25) is 0 Å². The fraction of sp³-hybridized carbons (Fsp3) is 0.261. The predicted molar refractivity (Wildman–Crippen MR) is 124 cm³/mol. The number of piperidine rings is 1. The van der Waals surface area contributed by atoms with E-state index in [1.807, 2.05) is 60.1 Å². The number of aromatic nitrogens is 4. The number of hydrogen-bond donors (Lipinski definition) is 1. The summed E-state index contributed by atoms with van der Waals surface area (Å²) in [6.07, 6.45) is 2.92.